The fourth-order valence-electron chi connectivity index (χ4n) is 1.24. The van der Waals surface area contributed by atoms with Gasteiger partial charge in [0.1, 0.15) is 11.6 Å². The summed E-state index contributed by atoms with van der Waals surface area (Å²) in [6, 6.07) is 1.73. The van der Waals surface area contributed by atoms with Gasteiger partial charge in [-0.25, -0.2) is 4.98 Å². The predicted molar refractivity (Wildman–Crippen MR) is 68.2 cm³/mol. The zero-order valence-electron chi connectivity index (χ0n) is 9.26. The van der Waals surface area contributed by atoms with E-state index in [-0.39, 0.29) is 11.9 Å². The quantitative estimate of drug-likeness (QED) is 0.858. The van der Waals surface area contributed by atoms with Crippen LogP contribution in [0.15, 0.2) is 6.07 Å². The van der Waals surface area contributed by atoms with E-state index in [1.54, 1.807) is 13.2 Å². The Balaban J connectivity index is 2.83. The number of anilines is 2. The lowest BCUT2D eigenvalue weighted by Crippen LogP contribution is -2.24. The Hall–Kier alpha value is -0.710. The maximum atomic E-state index is 6.00. The highest BCUT2D eigenvalue weighted by Crippen LogP contribution is 2.27. The molecule has 1 rings (SSSR count). The summed E-state index contributed by atoms with van der Waals surface area (Å²) in [5, 5.41) is 3.97. The molecule has 0 aliphatic rings. The third kappa shape index (κ3) is 3.40. The second-order valence-corrected chi connectivity index (χ2v) is 4.21. The number of nitrogen functional groups attached to an aromatic ring is 1. The first-order chi connectivity index (χ1) is 7.58. The molecule has 1 unspecified atom stereocenters. The van der Waals surface area contributed by atoms with Crippen LogP contribution in [-0.4, -0.2) is 24.7 Å². The van der Waals surface area contributed by atoms with E-state index in [4.69, 9.17) is 33.7 Å². The molecule has 0 spiro atoms. The molecule has 0 saturated heterocycles. The molecule has 90 valence electrons. The molecule has 0 saturated carbocycles. The van der Waals surface area contributed by atoms with Crippen LogP contribution >= 0.6 is 23.2 Å². The van der Waals surface area contributed by atoms with E-state index in [2.05, 4.69) is 10.3 Å². The molecule has 3 N–H and O–H groups in total. The van der Waals surface area contributed by atoms with Crippen LogP contribution in [0.3, 0.4) is 0 Å². The average molecular weight is 264 g/mol. The van der Waals surface area contributed by atoms with E-state index >= 15 is 0 Å². The van der Waals surface area contributed by atoms with Crippen molar-refractivity contribution in [3.05, 3.63) is 16.1 Å². The fraction of sp³-hybridized carbons (Fsp3) is 0.500. The molecule has 1 aromatic heterocycles. The number of aromatic nitrogens is 1. The Kier molecular flexibility index (Phi) is 5.12. The molecular formula is C10H15Cl2N3O. The molecule has 0 aromatic carbocycles. The Morgan fingerprint density at radius 1 is 1.50 bits per heavy atom. The number of nitrogens with two attached hydrogens (primary N) is 1. The minimum atomic E-state index is 0.149. The summed E-state index contributed by atoms with van der Waals surface area (Å²) in [6.45, 7) is 2.63. The van der Waals surface area contributed by atoms with Crippen molar-refractivity contribution in [2.45, 2.75) is 19.4 Å². The van der Waals surface area contributed by atoms with Gasteiger partial charge in [0.05, 0.1) is 22.7 Å². The molecule has 1 heterocycles. The molecule has 0 radical (unpaired) electrons. The summed E-state index contributed by atoms with van der Waals surface area (Å²) in [7, 11) is 1.65. The number of hydrogen-bond acceptors (Lipinski definition) is 4. The number of methoxy groups -OCH3 is 1. The number of rotatable bonds is 5. The van der Waals surface area contributed by atoms with Gasteiger partial charge in [-0.3, -0.25) is 0 Å². The van der Waals surface area contributed by atoms with Crippen LogP contribution in [0.2, 0.25) is 10.0 Å². The number of pyridine rings is 1. The second-order valence-electron chi connectivity index (χ2n) is 3.39. The Bertz CT molecular complexity index is 360. The molecule has 6 heteroatoms. The summed E-state index contributed by atoms with van der Waals surface area (Å²) in [5.41, 5.74) is 5.61. The van der Waals surface area contributed by atoms with Crippen LogP contribution in [0.4, 0.5) is 11.6 Å². The van der Waals surface area contributed by atoms with Crippen molar-refractivity contribution < 1.29 is 4.74 Å². The van der Waals surface area contributed by atoms with Gasteiger partial charge in [0.2, 0.25) is 0 Å². The molecule has 0 fully saturated rings. The third-order valence-corrected chi connectivity index (χ3v) is 2.75. The smallest absolute Gasteiger partial charge is 0.147 e. The van der Waals surface area contributed by atoms with Gasteiger partial charge in [0.15, 0.2) is 0 Å². The number of nitrogens with one attached hydrogen (secondary N) is 1. The van der Waals surface area contributed by atoms with Crippen molar-refractivity contribution in [3.8, 4) is 0 Å². The first-order valence-corrected chi connectivity index (χ1v) is 5.71. The highest BCUT2D eigenvalue weighted by Gasteiger charge is 2.11. The summed E-state index contributed by atoms with van der Waals surface area (Å²) in [6.07, 6.45) is 0.897. The van der Waals surface area contributed by atoms with Gasteiger partial charge in [-0.05, 0) is 12.5 Å². The minimum absolute atomic E-state index is 0.149. The number of halogens is 2. The zero-order valence-corrected chi connectivity index (χ0v) is 10.8. The lowest BCUT2D eigenvalue weighted by molar-refractivity contribution is 0.184. The molecule has 1 atom stereocenters. The maximum absolute atomic E-state index is 6.00. The SMILES string of the molecule is CCC(COC)Nc1nc(N)c(Cl)cc1Cl. The fourth-order valence-corrected chi connectivity index (χ4v) is 1.65. The van der Waals surface area contributed by atoms with E-state index in [1.807, 2.05) is 6.92 Å². The third-order valence-electron chi connectivity index (χ3n) is 2.16. The van der Waals surface area contributed by atoms with Gasteiger partial charge in [-0.2, -0.15) is 0 Å². The maximum Gasteiger partial charge on any atom is 0.147 e. The first kappa shape index (κ1) is 13.4. The summed E-state index contributed by atoms with van der Waals surface area (Å²) in [5.74, 6) is 0.799. The predicted octanol–water partition coefficient (Wildman–Crippen LogP) is 2.81. The van der Waals surface area contributed by atoms with Crippen LogP contribution in [-0.2, 0) is 4.74 Å². The topological polar surface area (TPSA) is 60.2 Å². The van der Waals surface area contributed by atoms with Gasteiger partial charge < -0.3 is 15.8 Å². The van der Waals surface area contributed by atoms with Gasteiger partial charge in [-0.15, -0.1) is 0 Å². The van der Waals surface area contributed by atoms with Crippen LogP contribution in [0.25, 0.3) is 0 Å². The van der Waals surface area contributed by atoms with Crippen molar-refractivity contribution in [1.29, 1.82) is 0 Å². The molecular weight excluding hydrogens is 249 g/mol. The van der Waals surface area contributed by atoms with Crippen molar-refractivity contribution in [1.82, 2.24) is 4.98 Å². The van der Waals surface area contributed by atoms with Crippen LogP contribution in [0, 0.1) is 0 Å². The highest BCUT2D eigenvalue weighted by atomic mass is 35.5. The Morgan fingerprint density at radius 3 is 2.75 bits per heavy atom. The monoisotopic (exact) mass is 263 g/mol. The normalized spacial score (nSPS) is 12.5. The van der Waals surface area contributed by atoms with Crippen molar-refractivity contribution in [2.75, 3.05) is 24.8 Å². The second kappa shape index (κ2) is 6.13. The highest BCUT2D eigenvalue weighted by molar-refractivity contribution is 6.37. The van der Waals surface area contributed by atoms with Crippen LogP contribution < -0.4 is 11.1 Å². The summed E-state index contributed by atoms with van der Waals surface area (Å²) >= 11 is 11.8. The molecule has 16 heavy (non-hydrogen) atoms. The molecule has 0 amide bonds. The van der Waals surface area contributed by atoms with Gasteiger partial charge >= 0.3 is 0 Å². The van der Waals surface area contributed by atoms with E-state index in [9.17, 15) is 0 Å². The van der Waals surface area contributed by atoms with E-state index < -0.39 is 0 Å². The summed E-state index contributed by atoms with van der Waals surface area (Å²) < 4.78 is 5.07. The van der Waals surface area contributed by atoms with Gasteiger partial charge in [0, 0.05) is 7.11 Å². The molecule has 0 aliphatic carbocycles. The molecule has 1 aromatic rings. The average Bonchev–Trinajstić information content (AvgIpc) is 2.25. The van der Waals surface area contributed by atoms with Crippen molar-refractivity contribution >= 4 is 34.8 Å². The number of nitrogens with zero attached hydrogens (tertiary/aromatic N) is 1. The van der Waals surface area contributed by atoms with Gasteiger partial charge in [-0.1, -0.05) is 30.1 Å². The van der Waals surface area contributed by atoms with Crippen molar-refractivity contribution in [3.63, 3.8) is 0 Å². The summed E-state index contributed by atoms with van der Waals surface area (Å²) in [4.78, 5) is 4.09. The van der Waals surface area contributed by atoms with E-state index in [0.717, 1.165) is 6.42 Å². The Morgan fingerprint density at radius 2 is 2.19 bits per heavy atom. The van der Waals surface area contributed by atoms with E-state index in [1.165, 1.54) is 0 Å². The van der Waals surface area contributed by atoms with Gasteiger partial charge in [0.25, 0.3) is 0 Å². The van der Waals surface area contributed by atoms with Crippen molar-refractivity contribution in [2.24, 2.45) is 0 Å². The van der Waals surface area contributed by atoms with Crippen LogP contribution in [0.1, 0.15) is 13.3 Å². The molecule has 0 aliphatic heterocycles. The lowest BCUT2D eigenvalue weighted by Gasteiger charge is -2.17. The zero-order chi connectivity index (χ0) is 12.1. The largest absolute Gasteiger partial charge is 0.383 e. The number of hydrogen-bond donors (Lipinski definition) is 2. The number of ether oxygens (including phenoxy) is 1. The standard InChI is InChI=1S/C10H15Cl2N3O/c1-3-6(5-16-2)14-10-8(12)4-7(11)9(13)15-10/h4,6H,3,5H2,1-2H3,(H3,13,14,15). The lowest BCUT2D eigenvalue weighted by atomic mass is 10.2. The van der Waals surface area contributed by atoms with Crippen LogP contribution in [0.5, 0.6) is 0 Å². The van der Waals surface area contributed by atoms with E-state index in [0.29, 0.717) is 22.5 Å². The minimum Gasteiger partial charge on any atom is -0.383 e. The first-order valence-electron chi connectivity index (χ1n) is 4.95. The molecule has 0 bridgehead atoms. The molecule has 4 nitrogen and oxygen atoms in total. The Labute approximate surface area is 105 Å².